The van der Waals surface area contributed by atoms with E-state index in [9.17, 15) is 17.6 Å². The number of benzene rings is 2. The number of carbonyl (C=O) groups is 1. The molecule has 11 heteroatoms. The Bertz CT molecular complexity index is 1130. The summed E-state index contributed by atoms with van der Waals surface area (Å²) in [5, 5.41) is 10.1. The summed E-state index contributed by atoms with van der Waals surface area (Å²) in [5.41, 5.74) is 0.679. The van der Waals surface area contributed by atoms with E-state index in [2.05, 4.69) is 15.6 Å². The van der Waals surface area contributed by atoms with E-state index in [1.54, 1.807) is 6.07 Å². The van der Waals surface area contributed by atoms with Gasteiger partial charge >= 0.3 is 0 Å². The van der Waals surface area contributed by atoms with E-state index in [4.69, 9.17) is 4.84 Å². The first-order chi connectivity index (χ1) is 13.2. The van der Waals surface area contributed by atoms with Crippen LogP contribution in [0.4, 0.5) is 10.1 Å². The van der Waals surface area contributed by atoms with Crippen LogP contribution >= 0.6 is 0 Å². The molecule has 0 aliphatic heterocycles. The zero-order chi connectivity index (χ0) is 20.5. The Morgan fingerprint density at radius 3 is 2.64 bits per heavy atom. The highest BCUT2D eigenvalue weighted by molar-refractivity contribution is 7.89. The van der Waals surface area contributed by atoms with Crippen molar-refractivity contribution in [3.8, 4) is 0 Å². The Labute approximate surface area is 160 Å². The molecule has 9 nitrogen and oxygen atoms in total. The summed E-state index contributed by atoms with van der Waals surface area (Å²) >= 11 is 0. The number of halogens is 1. The number of rotatable bonds is 6. The predicted octanol–water partition coefficient (Wildman–Crippen LogP) is 1.28. The van der Waals surface area contributed by atoms with Crippen molar-refractivity contribution >= 4 is 32.7 Å². The number of fused-ring (bicyclic) bond motifs is 1. The third kappa shape index (κ3) is 3.80. The average Bonchev–Trinajstić information content (AvgIpc) is 3.05. The maximum Gasteiger partial charge on any atom is 0.268 e. The maximum absolute atomic E-state index is 13.7. The van der Waals surface area contributed by atoms with Gasteiger partial charge in [0.05, 0.1) is 10.6 Å². The first-order valence-corrected chi connectivity index (χ1v) is 9.64. The normalized spacial score (nSPS) is 12.9. The standard InChI is InChI=1S/C17H18FN5O4S/c1-11(17(24)19-14-7-5-4-6-13(14)18)27-23-16-10-12(28(25,26)22(2)3)8-9-15(16)20-21-23/h4-11H,1-3H3,(H,19,24). The number of sulfonamides is 1. The quantitative estimate of drug-likeness (QED) is 0.660. The molecule has 1 unspecified atom stereocenters. The number of aromatic nitrogens is 3. The predicted molar refractivity (Wildman–Crippen MR) is 99.5 cm³/mol. The first kappa shape index (κ1) is 19.7. The Morgan fingerprint density at radius 2 is 1.96 bits per heavy atom. The van der Waals surface area contributed by atoms with Crippen LogP contribution in [0.2, 0.25) is 0 Å². The molecular formula is C17H18FN5O4S. The van der Waals surface area contributed by atoms with Crippen LogP contribution in [0.5, 0.6) is 0 Å². The second-order valence-corrected chi connectivity index (χ2v) is 8.27. The van der Waals surface area contributed by atoms with Crippen LogP contribution in [-0.2, 0) is 14.8 Å². The second-order valence-electron chi connectivity index (χ2n) is 6.12. The molecule has 2 aromatic carbocycles. The Hall–Kier alpha value is -3.05. The molecule has 0 aliphatic rings. The van der Waals surface area contributed by atoms with Crippen LogP contribution < -0.4 is 10.2 Å². The molecule has 0 fully saturated rings. The van der Waals surface area contributed by atoms with E-state index in [-0.39, 0.29) is 16.1 Å². The van der Waals surface area contributed by atoms with E-state index >= 15 is 0 Å². The molecule has 0 spiro atoms. The summed E-state index contributed by atoms with van der Waals surface area (Å²) in [5.74, 6) is -1.18. The van der Waals surface area contributed by atoms with Gasteiger partial charge in [0.1, 0.15) is 16.9 Å². The van der Waals surface area contributed by atoms with E-state index < -0.39 is 27.9 Å². The van der Waals surface area contributed by atoms with Gasteiger partial charge in [-0.05, 0) is 42.5 Å². The molecule has 1 atom stereocenters. The van der Waals surface area contributed by atoms with Gasteiger partial charge in [-0.25, -0.2) is 17.1 Å². The number of hydrogen-bond acceptors (Lipinski definition) is 6. The van der Waals surface area contributed by atoms with Crippen molar-refractivity contribution in [1.82, 2.24) is 19.5 Å². The van der Waals surface area contributed by atoms with Gasteiger partial charge in [0, 0.05) is 14.1 Å². The number of amides is 1. The number of hydrogen-bond donors (Lipinski definition) is 1. The van der Waals surface area contributed by atoms with Crippen molar-refractivity contribution in [2.45, 2.75) is 17.9 Å². The molecule has 0 bridgehead atoms. The van der Waals surface area contributed by atoms with Crippen LogP contribution in [0.3, 0.4) is 0 Å². The lowest BCUT2D eigenvalue weighted by molar-refractivity contribution is -0.127. The van der Waals surface area contributed by atoms with Gasteiger partial charge in [-0.15, -0.1) is 5.10 Å². The SMILES string of the molecule is CC(On1nnc2ccc(S(=O)(=O)N(C)C)cc21)C(=O)Nc1ccccc1F. The minimum atomic E-state index is -3.67. The number of anilines is 1. The van der Waals surface area contributed by atoms with Crippen LogP contribution in [-0.4, -0.2) is 54.0 Å². The summed E-state index contributed by atoms with van der Waals surface area (Å²) in [6, 6.07) is 9.98. The van der Waals surface area contributed by atoms with Crippen molar-refractivity contribution in [3.63, 3.8) is 0 Å². The third-order valence-electron chi connectivity index (χ3n) is 3.92. The van der Waals surface area contributed by atoms with Crippen LogP contribution in [0.15, 0.2) is 47.4 Å². The van der Waals surface area contributed by atoms with Crippen LogP contribution in [0.1, 0.15) is 6.92 Å². The number of carbonyl (C=O) groups excluding carboxylic acids is 1. The zero-order valence-electron chi connectivity index (χ0n) is 15.3. The molecular weight excluding hydrogens is 389 g/mol. The molecule has 1 aromatic heterocycles. The molecule has 3 rings (SSSR count). The van der Waals surface area contributed by atoms with Crippen molar-refractivity contribution < 1.29 is 22.4 Å². The van der Waals surface area contributed by atoms with Gasteiger partial charge in [-0.3, -0.25) is 4.79 Å². The van der Waals surface area contributed by atoms with Crippen molar-refractivity contribution in [1.29, 1.82) is 0 Å². The van der Waals surface area contributed by atoms with Gasteiger partial charge < -0.3 is 10.2 Å². The lowest BCUT2D eigenvalue weighted by atomic mass is 10.3. The van der Waals surface area contributed by atoms with Crippen molar-refractivity contribution in [2.75, 3.05) is 19.4 Å². The Morgan fingerprint density at radius 1 is 1.25 bits per heavy atom. The zero-order valence-corrected chi connectivity index (χ0v) is 16.1. The fourth-order valence-corrected chi connectivity index (χ4v) is 3.24. The third-order valence-corrected chi connectivity index (χ3v) is 5.74. The average molecular weight is 407 g/mol. The molecule has 1 amide bonds. The smallest absolute Gasteiger partial charge is 0.268 e. The van der Waals surface area contributed by atoms with Crippen LogP contribution in [0.25, 0.3) is 11.0 Å². The topological polar surface area (TPSA) is 106 Å². The first-order valence-electron chi connectivity index (χ1n) is 8.20. The molecule has 3 aromatic rings. The molecule has 1 N–H and O–H groups in total. The molecule has 0 aliphatic carbocycles. The molecule has 28 heavy (non-hydrogen) atoms. The maximum atomic E-state index is 13.7. The van der Waals surface area contributed by atoms with E-state index in [0.717, 1.165) is 9.15 Å². The molecule has 148 valence electrons. The number of nitrogens with zero attached hydrogens (tertiary/aromatic N) is 4. The monoisotopic (exact) mass is 407 g/mol. The summed E-state index contributed by atoms with van der Waals surface area (Å²) < 4.78 is 39.4. The lowest BCUT2D eigenvalue weighted by Crippen LogP contribution is -2.35. The molecule has 0 saturated carbocycles. The fourth-order valence-electron chi connectivity index (χ4n) is 2.32. The highest BCUT2D eigenvalue weighted by atomic mass is 32.2. The lowest BCUT2D eigenvalue weighted by Gasteiger charge is -2.15. The van der Waals surface area contributed by atoms with E-state index in [1.807, 2.05) is 0 Å². The van der Waals surface area contributed by atoms with Gasteiger partial charge in [0.15, 0.2) is 0 Å². The summed E-state index contributed by atoms with van der Waals surface area (Å²) in [6.07, 6.45) is -1.06. The highest BCUT2D eigenvalue weighted by Crippen LogP contribution is 2.19. The van der Waals surface area contributed by atoms with Gasteiger partial charge in [0.2, 0.25) is 16.1 Å². The fraction of sp³-hybridized carbons (Fsp3) is 0.235. The van der Waals surface area contributed by atoms with Gasteiger partial charge in [-0.1, -0.05) is 17.0 Å². The van der Waals surface area contributed by atoms with Crippen LogP contribution in [0, 0.1) is 5.82 Å². The molecule has 1 heterocycles. The van der Waals surface area contributed by atoms with Crippen molar-refractivity contribution in [2.24, 2.45) is 0 Å². The summed E-state index contributed by atoms with van der Waals surface area (Å²) in [6.45, 7) is 1.45. The van der Waals surface area contributed by atoms with E-state index in [0.29, 0.717) is 5.52 Å². The Kier molecular flexibility index (Phi) is 5.29. The minimum absolute atomic E-state index is 0.0192. The number of nitrogens with one attached hydrogen (secondary N) is 1. The molecule has 0 saturated heterocycles. The summed E-state index contributed by atoms with van der Waals surface area (Å²) in [7, 11) is -0.831. The minimum Gasteiger partial charge on any atom is -0.382 e. The summed E-state index contributed by atoms with van der Waals surface area (Å²) in [4.78, 5) is 18.7. The van der Waals surface area contributed by atoms with Gasteiger partial charge in [-0.2, -0.15) is 0 Å². The largest absolute Gasteiger partial charge is 0.382 e. The molecule has 0 radical (unpaired) electrons. The van der Waals surface area contributed by atoms with Gasteiger partial charge in [0.25, 0.3) is 5.91 Å². The Balaban J connectivity index is 1.84. The van der Waals surface area contributed by atoms with Crippen molar-refractivity contribution in [3.05, 3.63) is 48.3 Å². The second kappa shape index (κ2) is 7.52. The van der Waals surface area contributed by atoms with E-state index in [1.165, 1.54) is 57.4 Å². The number of para-hydroxylation sites is 1. The highest BCUT2D eigenvalue weighted by Gasteiger charge is 2.21.